The van der Waals surface area contributed by atoms with E-state index in [1.165, 1.54) is 0 Å². The van der Waals surface area contributed by atoms with E-state index in [1.807, 2.05) is 26.0 Å². The van der Waals surface area contributed by atoms with E-state index in [0.29, 0.717) is 18.1 Å². The van der Waals surface area contributed by atoms with E-state index in [4.69, 9.17) is 4.52 Å². The number of nitrogens with zero attached hydrogens (tertiary/aromatic N) is 3. The molecule has 0 saturated heterocycles. The molecule has 0 aliphatic heterocycles. The summed E-state index contributed by atoms with van der Waals surface area (Å²) in [6, 6.07) is 3.87. The average Bonchev–Trinajstić information content (AvgIpc) is 2.87. The van der Waals surface area contributed by atoms with Crippen molar-refractivity contribution < 1.29 is 9.32 Å². The Balaban J connectivity index is 2.19. The predicted molar refractivity (Wildman–Crippen MR) is 70.5 cm³/mol. The zero-order valence-electron chi connectivity index (χ0n) is 11.2. The van der Waals surface area contributed by atoms with Crippen LogP contribution in [0.15, 0.2) is 22.9 Å². The fourth-order valence-corrected chi connectivity index (χ4v) is 1.88. The SMILES string of the molecule is CCCC(=O)Cc1nc(-c2ncccc2CC)no1. The molecule has 0 fully saturated rings. The van der Waals surface area contributed by atoms with Gasteiger partial charge in [0.15, 0.2) is 0 Å². The van der Waals surface area contributed by atoms with Crippen molar-refractivity contribution in [3.05, 3.63) is 29.8 Å². The zero-order valence-corrected chi connectivity index (χ0v) is 11.2. The Hall–Kier alpha value is -2.04. The molecule has 0 aliphatic rings. The Kier molecular flexibility index (Phi) is 4.39. The van der Waals surface area contributed by atoms with Crippen LogP contribution in [0.4, 0.5) is 0 Å². The quantitative estimate of drug-likeness (QED) is 0.797. The first kappa shape index (κ1) is 13.4. The second kappa shape index (κ2) is 6.22. The highest BCUT2D eigenvalue weighted by atomic mass is 16.5. The van der Waals surface area contributed by atoms with Crippen molar-refractivity contribution in [2.45, 2.75) is 39.5 Å². The third kappa shape index (κ3) is 3.24. The number of carbonyl (C=O) groups excluding carboxylic acids is 1. The topological polar surface area (TPSA) is 68.9 Å². The van der Waals surface area contributed by atoms with Gasteiger partial charge in [-0.15, -0.1) is 0 Å². The third-order valence-electron chi connectivity index (χ3n) is 2.83. The second-order valence-electron chi connectivity index (χ2n) is 4.34. The number of hydrogen-bond acceptors (Lipinski definition) is 5. The van der Waals surface area contributed by atoms with Crippen molar-refractivity contribution in [2.24, 2.45) is 0 Å². The molecule has 2 aromatic rings. The number of rotatable bonds is 6. The number of hydrogen-bond donors (Lipinski definition) is 0. The van der Waals surface area contributed by atoms with E-state index >= 15 is 0 Å². The molecule has 5 heteroatoms. The zero-order chi connectivity index (χ0) is 13.7. The van der Waals surface area contributed by atoms with Crippen LogP contribution < -0.4 is 0 Å². The fraction of sp³-hybridized carbons (Fsp3) is 0.429. The molecule has 2 rings (SSSR count). The number of Topliss-reactive ketones (excluding diaryl/α,β-unsaturated/α-hetero) is 1. The minimum absolute atomic E-state index is 0.120. The molecule has 5 nitrogen and oxygen atoms in total. The van der Waals surface area contributed by atoms with Crippen molar-refractivity contribution in [3.8, 4) is 11.5 Å². The molecular weight excluding hydrogens is 242 g/mol. The molecule has 2 heterocycles. The van der Waals surface area contributed by atoms with Crippen molar-refractivity contribution in [1.82, 2.24) is 15.1 Å². The van der Waals surface area contributed by atoms with Gasteiger partial charge in [0, 0.05) is 12.6 Å². The summed E-state index contributed by atoms with van der Waals surface area (Å²) in [7, 11) is 0. The Bertz CT molecular complexity index is 563. The molecule has 0 bridgehead atoms. The molecular formula is C14H17N3O2. The number of aryl methyl sites for hydroxylation is 1. The van der Waals surface area contributed by atoms with E-state index in [2.05, 4.69) is 15.1 Å². The Labute approximate surface area is 112 Å². The van der Waals surface area contributed by atoms with Gasteiger partial charge in [0.25, 0.3) is 0 Å². The van der Waals surface area contributed by atoms with Crippen LogP contribution in [-0.4, -0.2) is 20.9 Å². The molecule has 0 aromatic carbocycles. The first-order valence-electron chi connectivity index (χ1n) is 6.53. The molecule has 0 unspecified atom stereocenters. The van der Waals surface area contributed by atoms with Crippen LogP contribution in [0.5, 0.6) is 0 Å². The summed E-state index contributed by atoms with van der Waals surface area (Å²) in [5.41, 5.74) is 1.79. The van der Waals surface area contributed by atoms with E-state index < -0.39 is 0 Å². The molecule has 0 saturated carbocycles. The molecule has 100 valence electrons. The molecule has 19 heavy (non-hydrogen) atoms. The minimum atomic E-state index is 0.120. The van der Waals surface area contributed by atoms with Gasteiger partial charge in [0.05, 0.1) is 6.42 Å². The van der Waals surface area contributed by atoms with E-state index in [-0.39, 0.29) is 12.2 Å². The van der Waals surface area contributed by atoms with E-state index in [1.54, 1.807) is 6.20 Å². The van der Waals surface area contributed by atoms with Crippen LogP contribution in [-0.2, 0) is 17.6 Å². The Morgan fingerprint density at radius 1 is 1.37 bits per heavy atom. The van der Waals surface area contributed by atoms with Gasteiger partial charge in [0.2, 0.25) is 11.7 Å². The van der Waals surface area contributed by atoms with Gasteiger partial charge >= 0.3 is 0 Å². The summed E-state index contributed by atoms with van der Waals surface area (Å²) < 4.78 is 5.11. The lowest BCUT2D eigenvalue weighted by Crippen LogP contribution is -2.02. The first-order chi connectivity index (χ1) is 9.24. The van der Waals surface area contributed by atoms with E-state index in [0.717, 1.165) is 24.1 Å². The molecule has 0 spiro atoms. The highest BCUT2D eigenvalue weighted by Crippen LogP contribution is 2.18. The molecule has 0 atom stereocenters. The lowest BCUT2D eigenvalue weighted by atomic mass is 10.1. The standard InChI is InChI=1S/C14H17N3O2/c1-3-6-11(18)9-12-16-14(17-19-12)13-10(4-2)7-5-8-15-13/h5,7-8H,3-4,6,9H2,1-2H3. The second-order valence-corrected chi connectivity index (χ2v) is 4.34. The molecule has 0 aliphatic carbocycles. The van der Waals surface area contributed by atoms with Crippen LogP contribution in [0.3, 0.4) is 0 Å². The normalized spacial score (nSPS) is 10.6. The molecule has 2 aromatic heterocycles. The van der Waals surface area contributed by atoms with Gasteiger partial charge in [-0.25, -0.2) is 0 Å². The van der Waals surface area contributed by atoms with Crippen molar-refractivity contribution >= 4 is 5.78 Å². The number of aromatic nitrogens is 3. The Morgan fingerprint density at radius 3 is 2.95 bits per heavy atom. The summed E-state index contributed by atoms with van der Waals surface area (Å²) in [4.78, 5) is 20.1. The summed E-state index contributed by atoms with van der Waals surface area (Å²) >= 11 is 0. The average molecular weight is 259 g/mol. The third-order valence-corrected chi connectivity index (χ3v) is 2.83. The van der Waals surface area contributed by atoms with Gasteiger partial charge in [-0.2, -0.15) is 4.98 Å². The highest BCUT2D eigenvalue weighted by Gasteiger charge is 2.14. The van der Waals surface area contributed by atoms with Crippen molar-refractivity contribution in [1.29, 1.82) is 0 Å². The van der Waals surface area contributed by atoms with Gasteiger partial charge < -0.3 is 4.52 Å². The largest absolute Gasteiger partial charge is 0.338 e. The minimum Gasteiger partial charge on any atom is -0.338 e. The first-order valence-corrected chi connectivity index (χ1v) is 6.53. The summed E-state index contributed by atoms with van der Waals surface area (Å²) in [5, 5.41) is 3.91. The van der Waals surface area contributed by atoms with Crippen LogP contribution in [0, 0.1) is 0 Å². The van der Waals surface area contributed by atoms with Gasteiger partial charge in [-0.1, -0.05) is 25.1 Å². The summed E-state index contributed by atoms with van der Waals surface area (Å²) in [6.45, 7) is 4.02. The summed E-state index contributed by atoms with van der Waals surface area (Å²) in [5.74, 6) is 0.937. The van der Waals surface area contributed by atoms with Crippen molar-refractivity contribution in [2.75, 3.05) is 0 Å². The summed E-state index contributed by atoms with van der Waals surface area (Å²) in [6.07, 6.45) is 4.13. The lowest BCUT2D eigenvalue weighted by Gasteiger charge is -2.00. The Morgan fingerprint density at radius 2 is 2.21 bits per heavy atom. The lowest BCUT2D eigenvalue weighted by molar-refractivity contribution is -0.118. The monoisotopic (exact) mass is 259 g/mol. The van der Waals surface area contributed by atoms with Crippen LogP contribution in [0.1, 0.15) is 38.1 Å². The van der Waals surface area contributed by atoms with Gasteiger partial charge in [-0.05, 0) is 24.5 Å². The number of ketones is 1. The van der Waals surface area contributed by atoms with Crippen LogP contribution in [0.25, 0.3) is 11.5 Å². The van der Waals surface area contributed by atoms with Gasteiger partial charge in [-0.3, -0.25) is 9.78 Å². The van der Waals surface area contributed by atoms with Crippen molar-refractivity contribution in [3.63, 3.8) is 0 Å². The maximum Gasteiger partial charge on any atom is 0.234 e. The predicted octanol–water partition coefficient (Wildman–Crippen LogP) is 2.61. The van der Waals surface area contributed by atoms with Crippen LogP contribution >= 0.6 is 0 Å². The molecule has 0 radical (unpaired) electrons. The molecule has 0 amide bonds. The fourth-order valence-electron chi connectivity index (χ4n) is 1.88. The van der Waals surface area contributed by atoms with Crippen LogP contribution in [0.2, 0.25) is 0 Å². The smallest absolute Gasteiger partial charge is 0.234 e. The highest BCUT2D eigenvalue weighted by molar-refractivity contribution is 5.79. The number of pyridine rings is 1. The van der Waals surface area contributed by atoms with Gasteiger partial charge in [0.1, 0.15) is 11.5 Å². The maximum absolute atomic E-state index is 11.5. The number of carbonyl (C=O) groups is 1. The molecule has 0 N–H and O–H groups in total. The maximum atomic E-state index is 11.5. The van der Waals surface area contributed by atoms with E-state index in [9.17, 15) is 4.79 Å².